The molecule has 0 atom stereocenters. The van der Waals surface area contributed by atoms with Crippen molar-refractivity contribution in [3.63, 3.8) is 0 Å². The van der Waals surface area contributed by atoms with Crippen LogP contribution in [-0.2, 0) is 32.3 Å². The van der Waals surface area contributed by atoms with Gasteiger partial charge in [0.25, 0.3) is 10.0 Å². The van der Waals surface area contributed by atoms with E-state index in [1.54, 1.807) is 48.2 Å². The Kier molecular flexibility index (Phi) is 8.22. The fourth-order valence-corrected chi connectivity index (χ4v) is 5.82. The fraction of sp³-hybridized carbons (Fsp3) is 0.259. The first kappa shape index (κ1) is 28.4. The summed E-state index contributed by atoms with van der Waals surface area (Å²) >= 11 is 5.73. The summed E-state index contributed by atoms with van der Waals surface area (Å²) in [5.41, 5.74) is 0.548. The van der Waals surface area contributed by atoms with Gasteiger partial charge in [0, 0.05) is 25.2 Å². The van der Waals surface area contributed by atoms with Crippen LogP contribution < -0.4 is 14.5 Å². The molecule has 3 aromatic rings. The van der Waals surface area contributed by atoms with Crippen LogP contribution in [0.15, 0.2) is 71.6 Å². The third kappa shape index (κ3) is 6.54. The molecular weight excluding hydrogens is 555 g/mol. The van der Waals surface area contributed by atoms with Crippen LogP contribution in [0.2, 0.25) is 5.02 Å². The Labute approximate surface area is 229 Å². The lowest BCUT2D eigenvalue weighted by Crippen LogP contribution is -2.40. The molecule has 0 bridgehead atoms. The number of anilines is 2. The number of halogens is 4. The second kappa shape index (κ2) is 11.3. The summed E-state index contributed by atoms with van der Waals surface area (Å²) < 4.78 is 68.3. The lowest BCUT2D eigenvalue weighted by molar-refractivity contribution is -0.137. The van der Waals surface area contributed by atoms with Gasteiger partial charge in [0.15, 0.2) is 0 Å². The van der Waals surface area contributed by atoms with Gasteiger partial charge >= 0.3 is 6.18 Å². The minimum absolute atomic E-state index is 0.00864. The average Bonchev–Trinajstić information content (AvgIpc) is 3.32. The maximum atomic E-state index is 13.5. The molecule has 1 aliphatic rings. The van der Waals surface area contributed by atoms with Crippen LogP contribution in [0.3, 0.4) is 0 Å². The van der Waals surface area contributed by atoms with Crippen LogP contribution in [0, 0.1) is 6.92 Å². The highest BCUT2D eigenvalue weighted by Gasteiger charge is 2.35. The Hall–Kier alpha value is -3.57. The molecule has 0 aliphatic carbocycles. The third-order valence-corrected chi connectivity index (χ3v) is 8.34. The Bertz CT molecular complexity index is 1490. The molecule has 3 aromatic carbocycles. The number of nitrogens with zero attached hydrogens (tertiary/aromatic N) is 2. The summed E-state index contributed by atoms with van der Waals surface area (Å²) in [5.74, 6) is -0.730. The fourth-order valence-electron chi connectivity index (χ4n) is 4.18. The minimum atomic E-state index is -4.84. The van der Waals surface area contributed by atoms with E-state index in [1.165, 1.54) is 12.1 Å². The summed E-state index contributed by atoms with van der Waals surface area (Å²) in [6, 6.07) is 15.4. The number of alkyl halides is 3. The van der Waals surface area contributed by atoms with E-state index in [9.17, 15) is 31.2 Å². The van der Waals surface area contributed by atoms with Crippen molar-refractivity contribution < 1.29 is 31.2 Å². The summed E-state index contributed by atoms with van der Waals surface area (Å²) in [7, 11) is -4.43. The normalized spacial score (nSPS) is 14.0. The minimum Gasteiger partial charge on any atom is -0.350 e. The zero-order chi connectivity index (χ0) is 28.4. The molecule has 1 aliphatic heterocycles. The van der Waals surface area contributed by atoms with E-state index in [2.05, 4.69) is 5.32 Å². The molecule has 39 heavy (non-hydrogen) atoms. The quantitative estimate of drug-likeness (QED) is 0.392. The van der Waals surface area contributed by atoms with Crippen LogP contribution in [-0.4, -0.2) is 33.3 Å². The number of carbonyl (C=O) groups excluding carboxylic acids is 2. The van der Waals surface area contributed by atoms with Crippen molar-refractivity contribution in [2.45, 2.75) is 37.4 Å². The molecule has 1 fully saturated rings. The third-order valence-electron chi connectivity index (χ3n) is 6.22. The number of amides is 2. The Morgan fingerprint density at radius 3 is 2.44 bits per heavy atom. The summed E-state index contributed by atoms with van der Waals surface area (Å²) in [4.78, 5) is 26.5. The number of aryl methyl sites for hydroxylation is 1. The molecule has 0 spiro atoms. The molecule has 1 N–H and O–H groups in total. The van der Waals surface area contributed by atoms with Gasteiger partial charge < -0.3 is 10.2 Å². The maximum absolute atomic E-state index is 13.5. The molecule has 206 valence electrons. The van der Waals surface area contributed by atoms with Crippen molar-refractivity contribution in [3.05, 3.63) is 88.4 Å². The Balaban J connectivity index is 1.60. The highest BCUT2D eigenvalue weighted by Crippen LogP contribution is 2.38. The zero-order valence-electron chi connectivity index (χ0n) is 20.8. The van der Waals surface area contributed by atoms with Crippen molar-refractivity contribution in [1.29, 1.82) is 0 Å². The van der Waals surface area contributed by atoms with Crippen molar-refractivity contribution >= 4 is 44.8 Å². The summed E-state index contributed by atoms with van der Waals surface area (Å²) in [6.07, 6.45) is -3.62. The lowest BCUT2D eigenvalue weighted by atomic mass is 10.2. The van der Waals surface area contributed by atoms with E-state index >= 15 is 0 Å². The van der Waals surface area contributed by atoms with Gasteiger partial charge in [0.05, 0.1) is 21.2 Å². The first-order valence-electron chi connectivity index (χ1n) is 12.0. The van der Waals surface area contributed by atoms with Gasteiger partial charge in [-0.25, -0.2) is 8.42 Å². The zero-order valence-corrected chi connectivity index (χ0v) is 22.4. The van der Waals surface area contributed by atoms with Gasteiger partial charge in [-0.3, -0.25) is 13.9 Å². The number of hydrogen-bond donors (Lipinski definition) is 1. The van der Waals surface area contributed by atoms with Crippen molar-refractivity contribution in [2.75, 3.05) is 22.3 Å². The smallest absolute Gasteiger partial charge is 0.350 e. The van der Waals surface area contributed by atoms with Gasteiger partial charge in [-0.2, -0.15) is 13.2 Å². The molecular formula is C27H25ClF3N3O4S. The lowest BCUT2D eigenvalue weighted by Gasteiger charge is -2.25. The molecule has 1 heterocycles. The highest BCUT2D eigenvalue weighted by molar-refractivity contribution is 7.92. The van der Waals surface area contributed by atoms with Crippen LogP contribution in [0.5, 0.6) is 0 Å². The molecule has 7 nitrogen and oxygen atoms in total. The monoisotopic (exact) mass is 579 g/mol. The Morgan fingerprint density at radius 2 is 1.79 bits per heavy atom. The molecule has 1 saturated heterocycles. The van der Waals surface area contributed by atoms with Gasteiger partial charge in [-0.15, -0.1) is 0 Å². The number of carbonyl (C=O) groups is 2. The molecule has 0 radical (unpaired) electrons. The standard InChI is InChI=1S/C27H25ClF3N3O4S/c1-18-7-10-22(11-8-18)39(37,38)34(21-9-12-24(28)23(15-21)27(29,30)31)17-25(35)32-16-19-4-2-5-20(14-19)33-13-3-6-26(33)36/h2,4-5,7-12,14-15H,3,6,13,16-17H2,1H3,(H,32,35). The maximum Gasteiger partial charge on any atom is 0.417 e. The van der Waals surface area contributed by atoms with E-state index < -0.39 is 39.2 Å². The van der Waals surface area contributed by atoms with Crippen LogP contribution >= 0.6 is 11.6 Å². The van der Waals surface area contributed by atoms with Crippen LogP contribution in [0.1, 0.15) is 29.5 Å². The number of sulfonamides is 1. The second-order valence-corrected chi connectivity index (χ2v) is 11.4. The van der Waals surface area contributed by atoms with Crippen molar-refractivity contribution in [2.24, 2.45) is 0 Å². The van der Waals surface area contributed by atoms with Crippen LogP contribution in [0.25, 0.3) is 0 Å². The van der Waals surface area contributed by atoms with E-state index in [-0.39, 0.29) is 23.0 Å². The number of benzene rings is 3. The van der Waals surface area contributed by atoms with Gasteiger partial charge in [-0.1, -0.05) is 41.4 Å². The largest absolute Gasteiger partial charge is 0.417 e. The van der Waals surface area contributed by atoms with Gasteiger partial charge in [0.2, 0.25) is 11.8 Å². The van der Waals surface area contributed by atoms with Gasteiger partial charge in [0.1, 0.15) is 6.54 Å². The molecule has 12 heteroatoms. The highest BCUT2D eigenvalue weighted by atomic mass is 35.5. The Morgan fingerprint density at radius 1 is 1.08 bits per heavy atom. The molecule has 0 unspecified atom stereocenters. The summed E-state index contributed by atoms with van der Waals surface area (Å²) in [6.45, 7) is 1.59. The van der Waals surface area contributed by atoms with Gasteiger partial charge in [-0.05, 0) is 61.4 Å². The molecule has 2 amide bonds. The molecule has 4 rings (SSSR count). The number of nitrogens with one attached hydrogen (secondary N) is 1. The summed E-state index contributed by atoms with van der Waals surface area (Å²) in [5, 5.41) is 2.02. The van der Waals surface area contributed by atoms with Crippen molar-refractivity contribution in [3.8, 4) is 0 Å². The van der Waals surface area contributed by atoms with E-state index in [0.29, 0.717) is 34.6 Å². The first-order valence-corrected chi connectivity index (χ1v) is 13.8. The topological polar surface area (TPSA) is 86.8 Å². The van der Waals surface area contributed by atoms with E-state index in [4.69, 9.17) is 11.6 Å². The van der Waals surface area contributed by atoms with E-state index in [0.717, 1.165) is 24.1 Å². The predicted octanol–water partition coefficient (Wildman–Crippen LogP) is 5.31. The van der Waals surface area contributed by atoms with Crippen molar-refractivity contribution in [1.82, 2.24) is 5.32 Å². The number of rotatable bonds is 8. The number of hydrogen-bond acceptors (Lipinski definition) is 4. The average molecular weight is 580 g/mol. The molecule has 0 saturated carbocycles. The second-order valence-electron chi connectivity index (χ2n) is 9.08. The predicted molar refractivity (Wildman–Crippen MR) is 142 cm³/mol. The first-order chi connectivity index (χ1) is 18.4. The van der Waals surface area contributed by atoms with E-state index in [1.807, 2.05) is 0 Å². The molecule has 0 aromatic heterocycles. The van der Waals surface area contributed by atoms with Crippen LogP contribution in [0.4, 0.5) is 24.5 Å². The SMILES string of the molecule is Cc1ccc(S(=O)(=O)N(CC(=O)NCc2cccc(N3CCCC3=O)c2)c2ccc(Cl)c(C(F)(F)F)c2)cc1.